The van der Waals surface area contributed by atoms with Gasteiger partial charge in [0, 0.05) is 26.0 Å². The van der Waals surface area contributed by atoms with Crippen molar-refractivity contribution in [2.75, 3.05) is 13.6 Å². The molecule has 0 aliphatic rings. The van der Waals surface area contributed by atoms with Gasteiger partial charge in [-0.1, -0.05) is 13.8 Å². The Hall–Kier alpha value is -0.790. The van der Waals surface area contributed by atoms with Gasteiger partial charge in [0.2, 0.25) is 0 Å². The maximum atomic E-state index is 3.61. The standard InChI is InChI=1S/C8H16N2/c1-8(2)7-10(4)6-5-9-3/h5-6,8H,3,7H2,1-2,4H3/b6-5-. The Morgan fingerprint density at radius 1 is 1.60 bits per heavy atom. The van der Waals surface area contributed by atoms with Crippen molar-refractivity contribution in [2.45, 2.75) is 13.8 Å². The van der Waals surface area contributed by atoms with Gasteiger partial charge >= 0.3 is 0 Å². The van der Waals surface area contributed by atoms with Crippen LogP contribution in [0.5, 0.6) is 0 Å². The topological polar surface area (TPSA) is 15.6 Å². The summed E-state index contributed by atoms with van der Waals surface area (Å²) in [5.74, 6) is 0.694. The first-order valence-corrected chi connectivity index (χ1v) is 3.49. The van der Waals surface area contributed by atoms with E-state index in [1.54, 1.807) is 6.20 Å². The van der Waals surface area contributed by atoms with Crippen LogP contribution in [0.1, 0.15) is 13.8 Å². The first-order valence-electron chi connectivity index (χ1n) is 3.49. The predicted molar refractivity (Wildman–Crippen MR) is 46.2 cm³/mol. The highest BCUT2D eigenvalue weighted by Crippen LogP contribution is 1.95. The summed E-state index contributed by atoms with van der Waals surface area (Å²) in [7, 11) is 2.03. The molecule has 2 nitrogen and oxygen atoms in total. The summed E-state index contributed by atoms with van der Waals surface area (Å²) in [5.41, 5.74) is 0. The molecule has 0 radical (unpaired) electrons. The number of aliphatic imine (C=N–C) groups is 1. The first kappa shape index (κ1) is 9.21. The zero-order valence-corrected chi connectivity index (χ0v) is 7.04. The summed E-state index contributed by atoms with van der Waals surface area (Å²) in [6.07, 6.45) is 3.62. The van der Waals surface area contributed by atoms with Crippen LogP contribution in [0.4, 0.5) is 0 Å². The van der Waals surface area contributed by atoms with Crippen molar-refractivity contribution >= 4 is 6.72 Å². The lowest BCUT2D eigenvalue weighted by atomic mass is 10.2. The zero-order valence-electron chi connectivity index (χ0n) is 7.04. The van der Waals surface area contributed by atoms with Crippen LogP contribution in [0, 0.1) is 5.92 Å². The van der Waals surface area contributed by atoms with Gasteiger partial charge in [0.1, 0.15) is 0 Å². The quantitative estimate of drug-likeness (QED) is 0.543. The van der Waals surface area contributed by atoms with Crippen molar-refractivity contribution in [1.82, 2.24) is 4.90 Å². The molecule has 0 unspecified atom stereocenters. The van der Waals surface area contributed by atoms with Gasteiger partial charge in [0.05, 0.1) is 0 Å². The smallest absolute Gasteiger partial charge is 0.0419 e. The predicted octanol–water partition coefficient (Wildman–Crippen LogP) is 1.75. The molecule has 0 aromatic carbocycles. The molecule has 58 valence electrons. The second kappa shape index (κ2) is 5.03. The monoisotopic (exact) mass is 140 g/mol. The maximum absolute atomic E-state index is 3.61. The first-order chi connectivity index (χ1) is 4.66. The van der Waals surface area contributed by atoms with Gasteiger partial charge < -0.3 is 4.90 Å². The Morgan fingerprint density at radius 2 is 2.20 bits per heavy atom. The zero-order chi connectivity index (χ0) is 7.98. The number of rotatable bonds is 4. The summed E-state index contributed by atoms with van der Waals surface area (Å²) < 4.78 is 0. The highest BCUT2D eigenvalue weighted by molar-refractivity contribution is 5.25. The van der Waals surface area contributed by atoms with E-state index < -0.39 is 0 Å². The number of hydrogen-bond acceptors (Lipinski definition) is 2. The highest BCUT2D eigenvalue weighted by atomic mass is 15.1. The van der Waals surface area contributed by atoms with E-state index in [0.717, 1.165) is 6.54 Å². The molecule has 0 aromatic rings. The summed E-state index contributed by atoms with van der Waals surface area (Å²) >= 11 is 0. The van der Waals surface area contributed by atoms with Crippen LogP contribution in [-0.2, 0) is 0 Å². The van der Waals surface area contributed by atoms with E-state index in [2.05, 4.69) is 30.5 Å². The van der Waals surface area contributed by atoms with E-state index in [1.807, 2.05) is 13.2 Å². The molecular formula is C8H16N2. The molecule has 0 bridgehead atoms. The maximum Gasteiger partial charge on any atom is 0.0419 e. The van der Waals surface area contributed by atoms with Crippen molar-refractivity contribution in [3.05, 3.63) is 12.4 Å². The average molecular weight is 140 g/mol. The third kappa shape index (κ3) is 5.35. The van der Waals surface area contributed by atoms with Gasteiger partial charge in [-0.3, -0.25) is 4.99 Å². The van der Waals surface area contributed by atoms with E-state index in [9.17, 15) is 0 Å². The molecular weight excluding hydrogens is 124 g/mol. The Kier molecular flexibility index (Phi) is 4.63. The lowest BCUT2D eigenvalue weighted by molar-refractivity contribution is 0.389. The fourth-order valence-electron chi connectivity index (χ4n) is 0.798. The van der Waals surface area contributed by atoms with Crippen LogP contribution in [0.3, 0.4) is 0 Å². The fourth-order valence-corrected chi connectivity index (χ4v) is 0.798. The summed E-state index contributed by atoms with van der Waals surface area (Å²) in [6, 6.07) is 0. The van der Waals surface area contributed by atoms with Gasteiger partial charge in [-0.25, -0.2) is 0 Å². The summed E-state index contributed by atoms with van der Waals surface area (Å²) in [5, 5.41) is 0. The Labute approximate surface area is 63.3 Å². The van der Waals surface area contributed by atoms with Gasteiger partial charge in [-0.05, 0) is 12.6 Å². The molecule has 0 spiro atoms. The molecule has 0 saturated carbocycles. The van der Waals surface area contributed by atoms with Crippen LogP contribution in [0.15, 0.2) is 17.4 Å². The molecule has 0 aliphatic heterocycles. The van der Waals surface area contributed by atoms with Crippen LogP contribution >= 0.6 is 0 Å². The Bertz CT molecular complexity index is 116. The molecule has 0 rings (SSSR count). The van der Waals surface area contributed by atoms with E-state index in [4.69, 9.17) is 0 Å². The number of hydrogen-bond donors (Lipinski definition) is 0. The minimum Gasteiger partial charge on any atom is -0.379 e. The second-order valence-corrected chi connectivity index (χ2v) is 2.81. The van der Waals surface area contributed by atoms with Crippen molar-refractivity contribution < 1.29 is 0 Å². The van der Waals surface area contributed by atoms with Crippen molar-refractivity contribution in [2.24, 2.45) is 10.9 Å². The van der Waals surface area contributed by atoms with Crippen molar-refractivity contribution in [3.8, 4) is 0 Å². The molecule has 0 heterocycles. The van der Waals surface area contributed by atoms with Crippen LogP contribution < -0.4 is 0 Å². The van der Waals surface area contributed by atoms with E-state index in [0.29, 0.717) is 5.92 Å². The molecule has 0 aliphatic carbocycles. The molecule has 0 amide bonds. The van der Waals surface area contributed by atoms with Crippen LogP contribution in [0.2, 0.25) is 0 Å². The Morgan fingerprint density at radius 3 is 2.60 bits per heavy atom. The molecule has 0 saturated heterocycles. The fraction of sp³-hybridized carbons (Fsp3) is 0.625. The van der Waals surface area contributed by atoms with E-state index >= 15 is 0 Å². The lowest BCUT2D eigenvalue weighted by Gasteiger charge is -2.15. The Balaban J connectivity index is 3.52. The second-order valence-electron chi connectivity index (χ2n) is 2.81. The van der Waals surface area contributed by atoms with Gasteiger partial charge in [-0.15, -0.1) is 0 Å². The van der Waals surface area contributed by atoms with Crippen LogP contribution in [0.25, 0.3) is 0 Å². The molecule has 10 heavy (non-hydrogen) atoms. The third-order valence-corrected chi connectivity index (χ3v) is 1.08. The van der Waals surface area contributed by atoms with E-state index in [-0.39, 0.29) is 0 Å². The summed E-state index contributed by atoms with van der Waals surface area (Å²) in [6.45, 7) is 8.78. The molecule has 0 N–H and O–H groups in total. The van der Waals surface area contributed by atoms with Gasteiger partial charge in [-0.2, -0.15) is 0 Å². The van der Waals surface area contributed by atoms with Gasteiger partial charge in [0.25, 0.3) is 0 Å². The molecule has 0 fully saturated rings. The third-order valence-electron chi connectivity index (χ3n) is 1.08. The summed E-state index contributed by atoms with van der Waals surface area (Å²) in [4.78, 5) is 5.71. The largest absolute Gasteiger partial charge is 0.379 e. The number of nitrogens with zero attached hydrogens (tertiary/aromatic N) is 2. The molecule has 0 aromatic heterocycles. The minimum atomic E-state index is 0.694. The lowest BCUT2D eigenvalue weighted by Crippen LogP contribution is -2.16. The minimum absolute atomic E-state index is 0.694. The molecule has 0 atom stereocenters. The molecule has 2 heteroatoms. The van der Waals surface area contributed by atoms with Gasteiger partial charge in [0.15, 0.2) is 0 Å². The highest BCUT2D eigenvalue weighted by Gasteiger charge is 1.94. The van der Waals surface area contributed by atoms with Crippen LogP contribution in [-0.4, -0.2) is 25.2 Å². The van der Waals surface area contributed by atoms with E-state index in [1.165, 1.54) is 0 Å². The van der Waals surface area contributed by atoms with Crippen molar-refractivity contribution in [1.29, 1.82) is 0 Å². The SMILES string of the molecule is C=N/C=C\N(C)CC(C)C. The van der Waals surface area contributed by atoms with Crippen molar-refractivity contribution in [3.63, 3.8) is 0 Å². The normalized spacial score (nSPS) is 10.8. The average Bonchev–Trinajstić information content (AvgIpc) is 1.82.